The first-order valence-electron chi connectivity index (χ1n) is 8.53. The first-order chi connectivity index (χ1) is 11.1. The number of rotatable bonds is 2. The normalized spacial score (nSPS) is 29.0. The van der Waals surface area contributed by atoms with Crippen LogP contribution in [0.15, 0.2) is 18.2 Å². The number of halogens is 2. The Hall–Kier alpha value is -1.13. The number of likely N-dealkylation sites (tertiary alicyclic amines) is 1. The topological polar surface area (TPSA) is 32.3 Å². The second kappa shape index (κ2) is 5.75. The van der Waals surface area contributed by atoms with Crippen molar-refractivity contribution in [2.75, 3.05) is 26.2 Å². The Kier molecular flexibility index (Phi) is 3.85. The fourth-order valence-corrected chi connectivity index (χ4v) is 4.61. The number of hydrogen-bond acceptors (Lipinski definition) is 2. The Labute approximate surface area is 141 Å². The van der Waals surface area contributed by atoms with Crippen LogP contribution in [0.1, 0.15) is 37.2 Å². The molecule has 3 nitrogen and oxygen atoms in total. The van der Waals surface area contributed by atoms with Crippen molar-refractivity contribution in [2.24, 2.45) is 11.3 Å². The molecule has 0 bridgehead atoms. The van der Waals surface area contributed by atoms with E-state index in [9.17, 15) is 9.18 Å². The molecule has 0 aromatic heterocycles. The molecule has 1 amide bonds. The first kappa shape index (κ1) is 15.4. The van der Waals surface area contributed by atoms with Crippen LogP contribution in [0.3, 0.4) is 0 Å². The van der Waals surface area contributed by atoms with Crippen molar-refractivity contribution in [3.8, 4) is 0 Å². The van der Waals surface area contributed by atoms with E-state index >= 15 is 0 Å². The van der Waals surface area contributed by atoms with Gasteiger partial charge in [0.25, 0.3) is 0 Å². The third-order valence-corrected chi connectivity index (χ3v) is 6.28. The number of nitrogens with one attached hydrogen (secondary N) is 1. The van der Waals surface area contributed by atoms with Gasteiger partial charge >= 0.3 is 0 Å². The molecule has 0 radical (unpaired) electrons. The predicted octanol–water partition coefficient (Wildman–Crippen LogP) is 3.18. The van der Waals surface area contributed by atoms with E-state index < -0.39 is 0 Å². The molecule has 2 aliphatic heterocycles. The van der Waals surface area contributed by atoms with Crippen molar-refractivity contribution in [1.82, 2.24) is 10.2 Å². The molecule has 2 atom stereocenters. The second-order valence-corrected chi connectivity index (χ2v) is 7.74. The molecule has 2 heterocycles. The molecule has 1 aromatic carbocycles. The third kappa shape index (κ3) is 2.76. The number of hydrogen-bond donors (Lipinski definition) is 1. The van der Waals surface area contributed by atoms with Gasteiger partial charge in [-0.1, -0.05) is 17.7 Å². The number of nitrogens with zero attached hydrogens (tertiary/aromatic N) is 1. The molecule has 4 rings (SSSR count). The fraction of sp³-hybridized carbons (Fsp3) is 0.611. The van der Waals surface area contributed by atoms with Gasteiger partial charge in [0.15, 0.2) is 0 Å². The smallest absolute Gasteiger partial charge is 0.226 e. The summed E-state index contributed by atoms with van der Waals surface area (Å²) in [7, 11) is 0. The van der Waals surface area contributed by atoms with Crippen LogP contribution in [-0.4, -0.2) is 37.0 Å². The van der Waals surface area contributed by atoms with E-state index in [2.05, 4.69) is 5.32 Å². The van der Waals surface area contributed by atoms with Gasteiger partial charge in [-0.25, -0.2) is 4.39 Å². The molecule has 23 heavy (non-hydrogen) atoms. The molecule has 1 aromatic rings. The van der Waals surface area contributed by atoms with Gasteiger partial charge in [0, 0.05) is 42.1 Å². The zero-order chi connectivity index (χ0) is 16.0. The zero-order valence-electron chi connectivity index (χ0n) is 13.2. The minimum atomic E-state index is -0.285. The van der Waals surface area contributed by atoms with Crippen molar-refractivity contribution in [3.63, 3.8) is 0 Å². The number of piperidine rings is 1. The number of benzene rings is 1. The van der Waals surface area contributed by atoms with Crippen molar-refractivity contribution >= 4 is 17.5 Å². The largest absolute Gasteiger partial charge is 0.342 e. The van der Waals surface area contributed by atoms with E-state index in [0.717, 1.165) is 45.4 Å². The zero-order valence-corrected chi connectivity index (χ0v) is 13.9. The highest BCUT2D eigenvalue weighted by atomic mass is 35.5. The SMILES string of the molecule is O=C(C1CC1c1c(F)cccc1Cl)N1CCC2(CCNC2)CC1. The molecule has 1 aliphatic carbocycles. The quantitative estimate of drug-likeness (QED) is 0.899. The van der Waals surface area contributed by atoms with Gasteiger partial charge in [0.05, 0.1) is 0 Å². The molecule has 1 N–H and O–H groups in total. The highest BCUT2D eigenvalue weighted by Crippen LogP contribution is 2.52. The standard InChI is InChI=1S/C18H22ClFN2O/c19-14-2-1-3-15(20)16(14)12-10-13(12)17(23)22-8-5-18(6-9-22)4-7-21-11-18/h1-3,12-13,21H,4-11H2. The average molecular weight is 337 g/mol. The van der Waals surface area contributed by atoms with E-state index in [-0.39, 0.29) is 23.6 Å². The Morgan fingerprint density at radius 1 is 1.30 bits per heavy atom. The predicted molar refractivity (Wildman–Crippen MR) is 88.0 cm³/mol. The monoisotopic (exact) mass is 336 g/mol. The average Bonchev–Trinajstić information content (AvgIpc) is 3.20. The van der Waals surface area contributed by atoms with Gasteiger partial charge in [-0.15, -0.1) is 0 Å². The third-order valence-electron chi connectivity index (χ3n) is 5.95. The maximum atomic E-state index is 14.0. The Morgan fingerprint density at radius 2 is 2.09 bits per heavy atom. The van der Waals surface area contributed by atoms with Gasteiger partial charge in [0.1, 0.15) is 5.82 Å². The van der Waals surface area contributed by atoms with Crippen LogP contribution in [0, 0.1) is 17.2 Å². The minimum absolute atomic E-state index is 0.0415. The summed E-state index contributed by atoms with van der Waals surface area (Å²) in [6.45, 7) is 3.87. The van der Waals surface area contributed by atoms with Gasteiger partial charge < -0.3 is 10.2 Å². The van der Waals surface area contributed by atoms with E-state index in [0.29, 0.717) is 16.0 Å². The van der Waals surface area contributed by atoms with Crippen LogP contribution >= 0.6 is 11.6 Å². The second-order valence-electron chi connectivity index (χ2n) is 7.34. The Bertz CT molecular complexity index is 599. The van der Waals surface area contributed by atoms with Crippen molar-refractivity contribution < 1.29 is 9.18 Å². The number of carbonyl (C=O) groups is 1. The summed E-state index contributed by atoms with van der Waals surface area (Å²) in [6.07, 6.45) is 4.13. The van der Waals surface area contributed by atoms with Crippen LogP contribution in [0.5, 0.6) is 0 Å². The fourth-order valence-electron chi connectivity index (χ4n) is 4.31. The molecule has 1 saturated carbocycles. The lowest BCUT2D eigenvalue weighted by Crippen LogP contribution is -2.44. The van der Waals surface area contributed by atoms with Gasteiger partial charge in [-0.05, 0) is 49.8 Å². The van der Waals surface area contributed by atoms with Crippen LogP contribution in [0.25, 0.3) is 0 Å². The Balaban J connectivity index is 1.40. The van der Waals surface area contributed by atoms with E-state index in [1.165, 1.54) is 12.5 Å². The van der Waals surface area contributed by atoms with Crippen molar-refractivity contribution in [2.45, 2.75) is 31.6 Å². The van der Waals surface area contributed by atoms with Gasteiger partial charge in [-0.3, -0.25) is 4.79 Å². The summed E-state index contributed by atoms with van der Waals surface area (Å²) >= 11 is 6.13. The summed E-state index contributed by atoms with van der Waals surface area (Å²) in [5.41, 5.74) is 0.940. The maximum absolute atomic E-state index is 14.0. The van der Waals surface area contributed by atoms with Crippen molar-refractivity contribution in [1.29, 1.82) is 0 Å². The highest BCUT2D eigenvalue weighted by molar-refractivity contribution is 6.31. The number of carbonyl (C=O) groups excluding carboxylic acids is 1. The molecular formula is C18H22ClFN2O. The first-order valence-corrected chi connectivity index (χ1v) is 8.91. The lowest BCUT2D eigenvalue weighted by molar-refractivity contribution is -0.134. The minimum Gasteiger partial charge on any atom is -0.342 e. The molecule has 3 fully saturated rings. The molecular weight excluding hydrogens is 315 g/mol. The van der Waals surface area contributed by atoms with E-state index in [4.69, 9.17) is 11.6 Å². The van der Waals surface area contributed by atoms with E-state index in [1.54, 1.807) is 12.1 Å². The molecule has 2 saturated heterocycles. The lowest BCUT2D eigenvalue weighted by atomic mass is 9.78. The lowest BCUT2D eigenvalue weighted by Gasteiger charge is -2.39. The number of amides is 1. The molecule has 5 heteroatoms. The molecule has 3 aliphatic rings. The summed E-state index contributed by atoms with van der Waals surface area (Å²) in [4.78, 5) is 14.7. The molecule has 124 valence electrons. The van der Waals surface area contributed by atoms with Crippen LogP contribution < -0.4 is 5.32 Å². The van der Waals surface area contributed by atoms with Crippen LogP contribution in [0.2, 0.25) is 5.02 Å². The Morgan fingerprint density at radius 3 is 2.74 bits per heavy atom. The summed E-state index contributed by atoms with van der Waals surface area (Å²) in [5.74, 6) is -0.220. The van der Waals surface area contributed by atoms with Gasteiger partial charge in [0.2, 0.25) is 5.91 Å². The highest BCUT2D eigenvalue weighted by Gasteiger charge is 2.49. The van der Waals surface area contributed by atoms with Crippen LogP contribution in [0.4, 0.5) is 4.39 Å². The molecule has 1 spiro atoms. The summed E-state index contributed by atoms with van der Waals surface area (Å²) in [6, 6.07) is 4.75. The van der Waals surface area contributed by atoms with Crippen molar-refractivity contribution in [3.05, 3.63) is 34.6 Å². The summed E-state index contributed by atoms with van der Waals surface area (Å²) < 4.78 is 14.0. The van der Waals surface area contributed by atoms with Crippen LogP contribution in [-0.2, 0) is 4.79 Å². The van der Waals surface area contributed by atoms with Gasteiger partial charge in [-0.2, -0.15) is 0 Å². The molecule has 2 unspecified atom stereocenters. The summed E-state index contributed by atoms with van der Waals surface area (Å²) in [5, 5.41) is 3.89. The van der Waals surface area contributed by atoms with E-state index in [1.807, 2.05) is 4.90 Å². The maximum Gasteiger partial charge on any atom is 0.226 e.